The van der Waals surface area contributed by atoms with E-state index >= 15 is 0 Å². The average molecular weight is 282 g/mol. The third-order valence-corrected chi connectivity index (χ3v) is 2.72. The first-order valence-corrected chi connectivity index (χ1v) is 4.92. The molecule has 0 aliphatic carbocycles. The molecule has 0 fully saturated rings. The van der Waals surface area contributed by atoms with Crippen LogP contribution in [0.1, 0.15) is 5.56 Å². The van der Waals surface area contributed by atoms with Crippen molar-refractivity contribution >= 4 is 33.5 Å². The van der Waals surface area contributed by atoms with Gasteiger partial charge in [0.05, 0.1) is 18.6 Å². The molecular weight excluding hydrogens is 274 g/mol. The van der Waals surface area contributed by atoms with Gasteiger partial charge in [-0.2, -0.15) is 0 Å². The lowest BCUT2D eigenvalue weighted by Gasteiger charge is -2.05. The molecule has 0 saturated heterocycles. The van der Waals surface area contributed by atoms with Crippen molar-refractivity contribution in [3.05, 3.63) is 33.0 Å². The molecule has 0 unspecified atom stereocenters. The third kappa shape index (κ3) is 2.45. The molecule has 0 aliphatic rings. The van der Waals surface area contributed by atoms with E-state index in [1.54, 1.807) is 6.07 Å². The van der Waals surface area contributed by atoms with Gasteiger partial charge in [-0.05, 0) is 12.1 Å². The van der Waals surface area contributed by atoms with E-state index in [0.29, 0.717) is 4.47 Å². The molecule has 2 nitrogen and oxygen atoms in total. The minimum Gasteiger partial charge on any atom is -0.469 e. The van der Waals surface area contributed by atoms with Crippen LogP contribution < -0.4 is 0 Å². The van der Waals surface area contributed by atoms with Crippen LogP contribution in [-0.4, -0.2) is 13.1 Å². The predicted molar refractivity (Wildman–Crippen MR) is 54.8 cm³/mol. The molecule has 0 heterocycles. The van der Waals surface area contributed by atoms with Gasteiger partial charge in [-0.15, -0.1) is 0 Å². The highest BCUT2D eigenvalue weighted by atomic mass is 79.9. The Kier molecular flexibility index (Phi) is 3.89. The smallest absolute Gasteiger partial charge is 0.310 e. The molecule has 0 atom stereocenters. The fourth-order valence-electron chi connectivity index (χ4n) is 0.948. The van der Waals surface area contributed by atoms with E-state index < -0.39 is 11.8 Å². The summed E-state index contributed by atoms with van der Waals surface area (Å²) in [6.07, 6.45) is -0.135. The van der Waals surface area contributed by atoms with E-state index in [-0.39, 0.29) is 17.0 Å². The highest BCUT2D eigenvalue weighted by Crippen LogP contribution is 2.26. The molecule has 1 aromatic carbocycles. The van der Waals surface area contributed by atoms with Crippen molar-refractivity contribution in [3.8, 4) is 0 Å². The second-order valence-electron chi connectivity index (χ2n) is 2.57. The maximum absolute atomic E-state index is 13.4. The van der Waals surface area contributed by atoms with Crippen molar-refractivity contribution in [2.24, 2.45) is 0 Å². The molecule has 0 aliphatic heterocycles. The molecule has 0 saturated carbocycles. The van der Waals surface area contributed by atoms with Crippen LogP contribution >= 0.6 is 27.5 Å². The quantitative estimate of drug-likeness (QED) is 0.615. The number of carbonyl (C=O) groups excluding carboxylic acids is 1. The van der Waals surface area contributed by atoms with Crippen molar-refractivity contribution < 1.29 is 13.9 Å². The van der Waals surface area contributed by atoms with E-state index in [4.69, 9.17) is 11.6 Å². The third-order valence-electron chi connectivity index (χ3n) is 1.69. The van der Waals surface area contributed by atoms with Crippen LogP contribution in [0.3, 0.4) is 0 Å². The zero-order valence-corrected chi connectivity index (χ0v) is 9.65. The SMILES string of the molecule is COC(=O)Cc1c(Br)ccc(Cl)c1F. The Morgan fingerprint density at radius 1 is 1.64 bits per heavy atom. The normalized spacial score (nSPS) is 10.0. The maximum atomic E-state index is 13.4. The largest absolute Gasteiger partial charge is 0.469 e. The van der Waals surface area contributed by atoms with E-state index in [1.807, 2.05) is 0 Å². The number of hydrogen-bond acceptors (Lipinski definition) is 2. The van der Waals surface area contributed by atoms with Gasteiger partial charge >= 0.3 is 5.97 Å². The molecule has 0 N–H and O–H groups in total. The summed E-state index contributed by atoms with van der Waals surface area (Å²) in [5, 5.41) is -0.00731. The monoisotopic (exact) mass is 280 g/mol. The fraction of sp³-hybridized carbons (Fsp3) is 0.222. The topological polar surface area (TPSA) is 26.3 Å². The standard InChI is InChI=1S/C9H7BrClFO2/c1-14-8(13)4-5-6(10)2-3-7(11)9(5)12/h2-3H,4H2,1H3. The molecule has 1 aromatic rings. The predicted octanol–water partition coefficient (Wildman–Crippen LogP) is 2.96. The summed E-state index contributed by atoms with van der Waals surface area (Å²) in [6.45, 7) is 0. The second kappa shape index (κ2) is 4.75. The summed E-state index contributed by atoms with van der Waals surface area (Å²) >= 11 is 8.70. The van der Waals surface area contributed by atoms with Gasteiger partial charge < -0.3 is 4.74 Å². The Bertz CT molecular complexity index is 368. The van der Waals surface area contributed by atoms with Gasteiger partial charge in [0.2, 0.25) is 0 Å². The number of methoxy groups -OCH3 is 1. The Hall–Kier alpha value is -0.610. The molecule has 0 radical (unpaired) electrons. The molecule has 5 heteroatoms. The van der Waals surface area contributed by atoms with Gasteiger partial charge in [0, 0.05) is 10.0 Å². The van der Waals surface area contributed by atoms with Gasteiger partial charge in [0.25, 0.3) is 0 Å². The Balaban J connectivity index is 3.06. The van der Waals surface area contributed by atoms with Crippen molar-refractivity contribution in [2.75, 3.05) is 7.11 Å². The lowest BCUT2D eigenvalue weighted by Crippen LogP contribution is -2.07. The number of benzene rings is 1. The first-order valence-electron chi connectivity index (χ1n) is 3.75. The van der Waals surface area contributed by atoms with Crippen LogP contribution in [0, 0.1) is 5.82 Å². The molecule has 0 bridgehead atoms. The first kappa shape index (κ1) is 11.5. The minimum absolute atomic E-state index is 0.00731. The molecule has 0 aromatic heterocycles. The lowest BCUT2D eigenvalue weighted by atomic mass is 10.1. The van der Waals surface area contributed by atoms with Crippen LogP contribution in [0.25, 0.3) is 0 Å². The lowest BCUT2D eigenvalue weighted by molar-refractivity contribution is -0.139. The van der Waals surface area contributed by atoms with Gasteiger partial charge in [0.1, 0.15) is 5.82 Å². The number of esters is 1. The summed E-state index contributed by atoms with van der Waals surface area (Å²) in [5.41, 5.74) is 0.212. The number of carbonyl (C=O) groups is 1. The molecule has 0 amide bonds. The number of hydrogen-bond donors (Lipinski definition) is 0. The molecule has 1 rings (SSSR count). The van der Waals surface area contributed by atoms with Gasteiger partial charge in [-0.3, -0.25) is 4.79 Å². The molecule has 0 spiro atoms. The summed E-state index contributed by atoms with van der Waals surface area (Å²) in [6, 6.07) is 3.01. The Morgan fingerprint density at radius 2 is 2.29 bits per heavy atom. The summed E-state index contributed by atoms with van der Waals surface area (Å²) in [4.78, 5) is 10.9. The van der Waals surface area contributed by atoms with E-state index in [1.165, 1.54) is 13.2 Å². The maximum Gasteiger partial charge on any atom is 0.310 e. The number of ether oxygens (including phenoxy) is 1. The van der Waals surface area contributed by atoms with Crippen LogP contribution in [0.4, 0.5) is 4.39 Å². The summed E-state index contributed by atoms with van der Waals surface area (Å²) in [7, 11) is 1.25. The van der Waals surface area contributed by atoms with Gasteiger partial charge in [0.15, 0.2) is 0 Å². The first-order chi connectivity index (χ1) is 6.56. The van der Waals surface area contributed by atoms with Crippen molar-refractivity contribution in [1.29, 1.82) is 0 Å². The van der Waals surface area contributed by atoms with Crippen molar-refractivity contribution in [3.63, 3.8) is 0 Å². The van der Waals surface area contributed by atoms with Crippen LogP contribution in [0.5, 0.6) is 0 Å². The zero-order chi connectivity index (χ0) is 10.7. The molecule has 76 valence electrons. The van der Waals surface area contributed by atoms with Crippen molar-refractivity contribution in [1.82, 2.24) is 0 Å². The number of halogens is 3. The second-order valence-corrected chi connectivity index (χ2v) is 3.84. The van der Waals surface area contributed by atoms with Crippen LogP contribution in [-0.2, 0) is 16.0 Å². The highest BCUT2D eigenvalue weighted by Gasteiger charge is 2.14. The fourth-order valence-corrected chi connectivity index (χ4v) is 1.57. The number of rotatable bonds is 2. The zero-order valence-electron chi connectivity index (χ0n) is 7.31. The van der Waals surface area contributed by atoms with Crippen LogP contribution in [0.15, 0.2) is 16.6 Å². The van der Waals surface area contributed by atoms with Crippen LogP contribution in [0.2, 0.25) is 5.02 Å². The Morgan fingerprint density at radius 3 is 2.86 bits per heavy atom. The summed E-state index contributed by atoms with van der Waals surface area (Å²) < 4.78 is 18.3. The van der Waals surface area contributed by atoms with E-state index in [0.717, 1.165) is 0 Å². The van der Waals surface area contributed by atoms with Gasteiger partial charge in [-0.1, -0.05) is 27.5 Å². The van der Waals surface area contributed by atoms with E-state index in [9.17, 15) is 9.18 Å². The van der Waals surface area contributed by atoms with E-state index in [2.05, 4.69) is 20.7 Å². The minimum atomic E-state index is -0.591. The Labute approximate surface area is 94.1 Å². The average Bonchev–Trinajstić information content (AvgIpc) is 2.18. The van der Waals surface area contributed by atoms with Gasteiger partial charge in [-0.25, -0.2) is 4.39 Å². The highest BCUT2D eigenvalue weighted by molar-refractivity contribution is 9.10. The summed E-state index contributed by atoms with van der Waals surface area (Å²) in [5.74, 6) is -1.10. The van der Waals surface area contributed by atoms with Crippen molar-refractivity contribution in [2.45, 2.75) is 6.42 Å². The molecule has 14 heavy (non-hydrogen) atoms. The molecular formula is C9H7BrClFO2.